The molecule has 1 saturated carbocycles. The average Bonchev–Trinajstić information content (AvgIpc) is 3.25. The summed E-state index contributed by atoms with van der Waals surface area (Å²) < 4.78 is 4.98. The molecule has 0 bridgehead atoms. The molecule has 0 spiro atoms. The number of fused-ring (bicyclic) bond motifs is 1. The molecule has 1 fully saturated rings. The lowest BCUT2D eigenvalue weighted by Gasteiger charge is -2.09. The Morgan fingerprint density at radius 1 is 1.23 bits per heavy atom. The zero-order valence-electron chi connectivity index (χ0n) is 12.1. The van der Waals surface area contributed by atoms with Gasteiger partial charge in [0.25, 0.3) is 0 Å². The van der Waals surface area contributed by atoms with Crippen LogP contribution in [0.4, 0.5) is 5.82 Å². The number of aromatic nitrogens is 4. The second-order valence-electron chi connectivity index (χ2n) is 5.31. The molecule has 6 nitrogen and oxygen atoms in total. The first kappa shape index (κ1) is 13.5. The van der Waals surface area contributed by atoms with Crippen molar-refractivity contribution in [1.82, 2.24) is 20.1 Å². The number of benzene rings is 1. The summed E-state index contributed by atoms with van der Waals surface area (Å²) in [5, 5.41) is 9.17. The van der Waals surface area contributed by atoms with Crippen LogP contribution in [0, 0.1) is 6.92 Å². The topological polar surface area (TPSA) is 76.7 Å². The molecular formula is C15H15N5OS. The lowest BCUT2D eigenvalue weighted by Crippen LogP contribution is -2.05. The number of rotatable bonds is 5. The number of aryl methyl sites for hydroxylation is 1. The molecule has 2 heterocycles. The van der Waals surface area contributed by atoms with E-state index in [-0.39, 0.29) is 0 Å². The van der Waals surface area contributed by atoms with Crippen LogP contribution in [0.25, 0.3) is 10.9 Å². The summed E-state index contributed by atoms with van der Waals surface area (Å²) in [6.07, 6.45) is 2.42. The second kappa shape index (κ2) is 5.57. The van der Waals surface area contributed by atoms with E-state index in [4.69, 9.17) is 4.52 Å². The van der Waals surface area contributed by atoms with Crippen molar-refractivity contribution in [3.63, 3.8) is 0 Å². The monoisotopic (exact) mass is 313 g/mol. The van der Waals surface area contributed by atoms with Crippen LogP contribution in [0.1, 0.15) is 24.6 Å². The van der Waals surface area contributed by atoms with E-state index in [0.29, 0.717) is 23.5 Å². The summed E-state index contributed by atoms with van der Waals surface area (Å²) in [5.74, 6) is 2.75. The van der Waals surface area contributed by atoms with Crippen LogP contribution >= 0.6 is 11.8 Å². The van der Waals surface area contributed by atoms with Gasteiger partial charge < -0.3 is 9.84 Å². The molecule has 0 aliphatic heterocycles. The molecule has 2 aromatic heterocycles. The van der Waals surface area contributed by atoms with Crippen LogP contribution in [-0.4, -0.2) is 26.2 Å². The third kappa shape index (κ3) is 2.89. The molecular weight excluding hydrogens is 298 g/mol. The second-order valence-corrected chi connectivity index (χ2v) is 6.25. The Kier molecular flexibility index (Phi) is 3.42. The highest BCUT2D eigenvalue weighted by atomic mass is 32.2. The number of hydrogen-bond donors (Lipinski definition) is 1. The van der Waals surface area contributed by atoms with E-state index in [1.165, 1.54) is 24.6 Å². The summed E-state index contributed by atoms with van der Waals surface area (Å²) in [6, 6.07) is 8.62. The molecule has 1 aliphatic carbocycles. The van der Waals surface area contributed by atoms with Crippen molar-refractivity contribution in [3.05, 3.63) is 36.0 Å². The molecule has 0 amide bonds. The molecule has 7 heteroatoms. The Labute approximate surface area is 131 Å². The maximum absolute atomic E-state index is 4.98. The van der Waals surface area contributed by atoms with E-state index in [9.17, 15) is 0 Å². The number of nitrogens with one attached hydrogen (secondary N) is 1. The highest BCUT2D eigenvalue weighted by Gasteiger charge is 2.22. The summed E-state index contributed by atoms with van der Waals surface area (Å²) in [6.45, 7) is 1.78. The molecule has 3 aromatic rings. The van der Waals surface area contributed by atoms with Crippen molar-refractivity contribution >= 4 is 28.5 Å². The fourth-order valence-corrected chi connectivity index (χ4v) is 2.87. The SMILES string of the molecule is Cc1nc(CSc2nc(NC3CC3)c3ccccc3n2)no1. The Bertz CT molecular complexity index is 815. The molecule has 1 N–H and O–H groups in total. The van der Waals surface area contributed by atoms with Gasteiger partial charge in [-0.1, -0.05) is 29.1 Å². The van der Waals surface area contributed by atoms with Crippen LogP contribution in [0.2, 0.25) is 0 Å². The Hall–Kier alpha value is -2.15. The third-order valence-electron chi connectivity index (χ3n) is 3.40. The van der Waals surface area contributed by atoms with Crippen LogP contribution in [0.5, 0.6) is 0 Å². The normalized spacial score (nSPS) is 14.4. The molecule has 0 unspecified atom stereocenters. The zero-order valence-corrected chi connectivity index (χ0v) is 12.9. The van der Waals surface area contributed by atoms with Gasteiger partial charge in [0, 0.05) is 18.4 Å². The molecule has 0 atom stereocenters. The van der Waals surface area contributed by atoms with Crippen molar-refractivity contribution in [2.45, 2.75) is 36.7 Å². The Morgan fingerprint density at radius 3 is 2.86 bits per heavy atom. The minimum absolute atomic E-state index is 0.552. The first-order chi connectivity index (χ1) is 10.8. The van der Waals surface area contributed by atoms with E-state index < -0.39 is 0 Å². The van der Waals surface area contributed by atoms with E-state index in [2.05, 4.69) is 31.5 Å². The van der Waals surface area contributed by atoms with Crippen molar-refractivity contribution < 1.29 is 4.52 Å². The van der Waals surface area contributed by atoms with E-state index >= 15 is 0 Å². The van der Waals surface area contributed by atoms with Crippen LogP contribution in [0.15, 0.2) is 33.9 Å². The average molecular weight is 313 g/mol. The van der Waals surface area contributed by atoms with Crippen LogP contribution in [0.3, 0.4) is 0 Å². The Balaban J connectivity index is 1.62. The lowest BCUT2D eigenvalue weighted by molar-refractivity contribution is 0.389. The van der Waals surface area contributed by atoms with Gasteiger partial charge in [-0.15, -0.1) is 0 Å². The summed E-state index contributed by atoms with van der Waals surface area (Å²) in [5.41, 5.74) is 0.951. The van der Waals surface area contributed by atoms with Gasteiger partial charge in [0.15, 0.2) is 11.0 Å². The number of para-hydroxylation sites is 1. The highest BCUT2D eigenvalue weighted by Crippen LogP contribution is 2.30. The quantitative estimate of drug-likeness (QED) is 0.572. The van der Waals surface area contributed by atoms with Crippen molar-refractivity contribution in [2.75, 3.05) is 5.32 Å². The van der Waals surface area contributed by atoms with Gasteiger partial charge in [-0.05, 0) is 25.0 Å². The smallest absolute Gasteiger partial charge is 0.223 e. The third-order valence-corrected chi connectivity index (χ3v) is 4.24. The highest BCUT2D eigenvalue weighted by molar-refractivity contribution is 7.98. The van der Waals surface area contributed by atoms with Gasteiger partial charge in [0.1, 0.15) is 5.82 Å². The standard InChI is InChI=1S/C15H15N5OS/c1-9-16-13(20-21-9)8-22-15-18-12-5-3-2-4-11(12)14(19-15)17-10-6-7-10/h2-5,10H,6-8H2,1H3,(H,17,18,19). The molecule has 4 rings (SSSR count). The van der Waals surface area contributed by atoms with Gasteiger partial charge in [0.05, 0.1) is 11.3 Å². The molecule has 112 valence electrons. The van der Waals surface area contributed by atoms with Gasteiger partial charge in [0.2, 0.25) is 5.89 Å². The van der Waals surface area contributed by atoms with Crippen molar-refractivity contribution in [1.29, 1.82) is 0 Å². The molecule has 1 aliphatic rings. The summed E-state index contributed by atoms with van der Waals surface area (Å²) in [7, 11) is 0. The maximum Gasteiger partial charge on any atom is 0.223 e. The fraction of sp³-hybridized carbons (Fsp3) is 0.333. The van der Waals surface area contributed by atoms with E-state index in [1.807, 2.05) is 18.2 Å². The minimum atomic E-state index is 0.552. The van der Waals surface area contributed by atoms with Gasteiger partial charge in [-0.2, -0.15) is 4.98 Å². The lowest BCUT2D eigenvalue weighted by atomic mass is 10.2. The molecule has 1 aromatic carbocycles. The number of nitrogens with zero attached hydrogens (tertiary/aromatic N) is 4. The Morgan fingerprint density at radius 2 is 2.09 bits per heavy atom. The van der Waals surface area contributed by atoms with Crippen molar-refractivity contribution in [2.24, 2.45) is 0 Å². The van der Waals surface area contributed by atoms with Crippen LogP contribution < -0.4 is 5.32 Å². The van der Waals surface area contributed by atoms with E-state index in [1.54, 1.807) is 6.92 Å². The van der Waals surface area contributed by atoms with Gasteiger partial charge in [-0.3, -0.25) is 0 Å². The largest absolute Gasteiger partial charge is 0.367 e. The minimum Gasteiger partial charge on any atom is -0.367 e. The molecule has 0 saturated heterocycles. The van der Waals surface area contributed by atoms with Gasteiger partial charge >= 0.3 is 0 Å². The summed E-state index contributed by atoms with van der Waals surface area (Å²) in [4.78, 5) is 13.5. The maximum atomic E-state index is 4.98. The molecule has 0 radical (unpaired) electrons. The fourth-order valence-electron chi connectivity index (χ4n) is 2.18. The number of hydrogen-bond acceptors (Lipinski definition) is 7. The molecule has 22 heavy (non-hydrogen) atoms. The number of thioether (sulfide) groups is 1. The predicted molar refractivity (Wildman–Crippen MR) is 84.8 cm³/mol. The van der Waals surface area contributed by atoms with E-state index in [0.717, 1.165) is 21.9 Å². The zero-order chi connectivity index (χ0) is 14.9. The van der Waals surface area contributed by atoms with Crippen molar-refractivity contribution in [3.8, 4) is 0 Å². The summed E-state index contributed by atoms with van der Waals surface area (Å²) >= 11 is 1.52. The first-order valence-electron chi connectivity index (χ1n) is 7.23. The first-order valence-corrected chi connectivity index (χ1v) is 8.22. The van der Waals surface area contributed by atoms with Gasteiger partial charge in [-0.25, -0.2) is 9.97 Å². The van der Waals surface area contributed by atoms with Crippen LogP contribution in [-0.2, 0) is 5.75 Å². The predicted octanol–water partition coefficient (Wildman–Crippen LogP) is 3.19. The number of anilines is 1.